The number of carbonyl (C=O) groups excluding carboxylic acids is 5. The molecule has 39 heavy (non-hydrogen) atoms. The van der Waals surface area contributed by atoms with Crippen molar-refractivity contribution in [2.24, 2.45) is 5.73 Å². The quantitative estimate of drug-likeness (QED) is 0.0758. The van der Waals surface area contributed by atoms with Crippen molar-refractivity contribution in [2.75, 3.05) is 59.2 Å². The third-order valence-corrected chi connectivity index (χ3v) is 7.15. The van der Waals surface area contributed by atoms with Gasteiger partial charge in [-0.2, -0.15) is 11.8 Å². The van der Waals surface area contributed by atoms with Gasteiger partial charge in [-0.3, -0.25) is 28.9 Å². The normalized spacial score (nSPS) is 16.7. The number of imide groups is 1. The molecule has 0 spiro atoms. The second kappa shape index (κ2) is 19.8. The van der Waals surface area contributed by atoms with Crippen molar-refractivity contribution in [3.8, 4) is 0 Å². The molecule has 1 rings (SSSR count). The zero-order valence-electron chi connectivity index (χ0n) is 23.3. The Hall–Kier alpha value is -2.16. The highest BCUT2D eigenvalue weighted by atomic mass is 32.2. The average molecular weight is 570 g/mol. The van der Waals surface area contributed by atoms with Crippen molar-refractivity contribution < 1.29 is 33.4 Å². The molecule has 2 atom stereocenters. The lowest BCUT2D eigenvalue weighted by Gasteiger charge is -2.27. The summed E-state index contributed by atoms with van der Waals surface area (Å²) in [6.07, 6.45) is 3.31. The van der Waals surface area contributed by atoms with E-state index < -0.39 is 9.90 Å². The minimum atomic E-state index is -0.574. The highest BCUT2D eigenvalue weighted by Crippen LogP contribution is 2.36. The fourth-order valence-corrected chi connectivity index (χ4v) is 5.02. The van der Waals surface area contributed by atoms with Crippen molar-refractivity contribution in [1.82, 2.24) is 20.9 Å². The van der Waals surface area contributed by atoms with Crippen LogP contribution in [0.1, 0.15) is 58.8 Å². The van der Waals surface area contributed by atoms with Gasteiger partial charge in [0.2, 0.25) is 29.5 Å². The van der Waals surface area contributed by atoms with E-state index >= 15 is 0 Å². The Morgan fingerprint density at radius 2 is 1.56 bits per heavy atom. The summed E-state index contributed by atoms with van der Waals surface area (Å²) in [4.78, 5) is 61.1. The van der Waals surface area contributed by atoms with E-state index in [0.717, 1.165) is 24.2 Å². The SMILES string of the molecule is [B]C(C)(CCCC)SC1CC(=O)N(CCC(=O)NCCOCCOCCC(=O)NCCNC(=O)CCN)C1=O. The maximum absolute atomic E-state index is 12.7. The highest BCUT2D eigenvalue weighted by Gasteiger charge is 2.41. The van der Waals surface area contributed by atoms with Crippen molar-refractivity contribution >= 4 is 49.1 Å². The van der Waals surface area contributed by atoms with Gasteiger partial charge < -0.3 is 31.2 Å². The molecule has 0 aliphatic carbocycles. The predicted octanol–water partition coefficient (Wildman–Crippen LogP) is -0.567. The zero-order valence-corrected chi connectivity index (χ0v) is 24.1. The van der Waals surface area contributed by atoms with Crippen LogP contribution in [0, 0.1) is 0 Å². The van der Waals surface area contributed by atoms with E-state index in [4.69, 9.17) is 23.1 Å². The first-order valence-corrected chi connectivity index (χ1v) is 14.4. The van der Waals surface area contributed by atoms with Crippen LogP contribution in [-0.2, 0) is 33.4 Å². The monoisotopic (exact) mass is 569 g/mol. The number of nitrogens with two attached hydrogens (primary N) is 1. The standard InChI is InChI=1S/C25H44BN5O7S/c1-3-4-8-25(2,26)39-19-18-23(35)31(24(19)36)13-6-21(33)30-12-15-38-17-16-37-14-7-22(34)29-11-10-28-20(32)5-9-27/h19H,3-18,27H2,1-2H3,(H,28,32)(H,29,34)(H,30,33). The molecule has 5 N–H and O–H groups in total. The van der Waals surface area contributed by atoms with Crippen molar-refractivity contribution in [3.63, 3.8) is 0 Å². The minimum absolute atomic E-state index is 0.0237. The second-order valence-corrected chi connectivity index (χ2v) is 11.2. The summed E-state index contributed by atoms with van der Waals surface area (Å²) in [6.45, 7) is 6.37. The maximum Gasteiger partial charge on any atom is 0.242 e. The summed E-state index contributed by atoms with van der Waals surface area (Å²) in [6, 6.07) is 0. The molecule has 14 heteroatoms. The van der Waals surface area contributed by atoms with Crippen molar-refractivity contribution in [2.45, 2.75) is 68.7 Å². The molecule has 5 amide bonds. The number of carbonyl (C=O) groups is 5. The molecular formula is C25H44BN5O7S. The van der Waals surface area contributed by atoms with E-state index in [1.54, 1.807) is 0 Å². The maximum atomic E-state index is 12.7. The van der Waals surface area contributed by atoms with E-state index in [2.05, 4.69) is 22.9 Å². The first-order valence-electron chi connectivity index (χ1n) is 13.6. The van der Waals surface area contributed by atoms with E-state index in [-0.39, 0.29) is 88.1 Å². The lowest BCUT2D eigenvalue weighted by Crippen LogP contribution is -2.37. The number of nitrogens with zero attached hydrogens (tertiary/aromatic N) is 1. The summed E-state index contributed by atoms with van der Waals surface area (Å²) >= 11 is 1.34. The number of rotatable bonds is 22. The van der Waals surface area contributed by atoms with E-state index in [1.807, 2.05) is 6.92 Å². The summed E-state index contributed by atoms with van der Waals surface area (Å²) in [5.74, 6) is -1.15. The second-order valence-electron chi connectivity index (χ2n) is 9.42. The van der Waals surface area contributed by atoms with E-state index in [1.165, 1.54) is 11.8 Å². The summed E-state index contributed by atoms with van der Waals surface area (Å²) in [7, 11) is 6.29. The van der Waals surface area contributed by atoms with Crippen LogP contribution in [0.15, 0.2) is 0 Å². The summed E-state index contributed by atoms with van der Waals surface area (Å²) in [5.41, 5.74) is 5.28. The number of amides is 5. The molecule has 0 aromatic heterocycles. The van der Waals surface area contributed by atoms with E-state index in [0.29, 0.717) is 26.3 Å². The van der Waals surface area contributed by atoms with Gasteiger partial charge in [0.25, 0.3) is 0 Å². The molecule has 2 unspecified atom stereocenters. The van der Waals surface area contributed by atoms with Crippen LogP contribution in [-0.4, -0.2) is 111 Å². The van der Waals surface area contributed by atoms with Gasteiger partial charge in [-0.1, -0.05) is 26.7 Å². The van der Waals surface area contributed by atoms with Gasteiger partial charge in [0.1, 0.15) is 0 Å². The van der Waals surface area contributed by atoms with Gasteiger partial charge in [-0.25, -0.2) is 0 Å². The van der Waals surface area contributed by atoms with Crippen LogP contribution in [0.3, 0.4) is 0 Å². The van der Waals surface area contributed by atoms with Gasteiger partial charge in [-0.05, 0) is 11.1 Å². The van der Waals surface area contributed by atoms with Gasteiger partial charge in [0, 0.05) is 58.4 Å². The molecule has 1 saturated heterocycles. The van der Waals surface area contributed by atoms with Gasteiger partial charge in [0.05, 0.1) is 39.5 Å². The number of nitrogens with one attached hydrogen (secondary N) is 3. The molecular weight excluding hydrogens is 525 g/mol. The molecule has 220 valence electrons. The number of hydrogen-bond acceptors (Lipinski definition) is 9. The van der Waals surface area contributed by atoms with Crippen LogP contribution >= 0.6 is 11.8 Å². The molecule has 0 aromatic rings. The molecule has 0 bridgehead atoms. The zero-order chi connectivity index (χ0) is 29.1. The molecule has 1 aliphatic heterocycles. The number of likely N-dealkylation sites (tertiary alicyclic amines) is 1. The van der Waals surface area contributed by atoms with Crippen LogP contribution in [0.4, 0.5) is 0 Å². The van der Waals surface area contributed by atoms with Crippen LogP contribution < -0.4 is 21.7 Å². The Morgan fingerprint density at radius 3 is 2.21 bits per heavy atom. The average Bonchev–Trinajstić information content (AvgIpc) is 3.14. The van der Waals surface area contributed by atoms with Crippen molar-refractivity contribution in [1.29, 1.82) is 0 Å². The first-order chi connectivity index (χ1) is 18.6. The summed E-state index contributed by atoms with van der Waals surface area (Å²) in [5, 5.41) is 7.52. The Balaban J connectivity index is 2.05. The Kier molecular flexibility index (Phi) is 17.7. The van der Waals surface area contributed by atoms with Gasteiger partial charge in [-0.15, -0.1) is 0 Å². The predicted molar refractivity (Wildman–Crippen MR) is 150 cm³/mol. The number of ether oxygens (including phenoxy) is 2. The lowest BCUT2D eigenvalue weighted by atomic mass is 9.84. The molecule has 12 nitrogen and oxygen atoms in total. The third-order valence-electron chi connectivity index (χ3n) is 5.76. The van der Waals surface area contributed by atoms with Crippen molar-refractivity contribution in [3.05, 3.63) is 0 Å². The van der Waals surface area contributed by atoms with Gasteiger partial charge in [0.15, 0.2) is 0 Å². The van der Waals surface area contributed by atoms with Crippen LogP contribution in [0.2, 0.25) is 0 Å². The lowest BCUT2D eigenvalue weighted by molar-refractivity contribution is -0.138. The molecule has 1 heterocycles. The fourth-order valence-electron chi connectivity index (χ4n) is 3.65. The Labute approximate surface area is 237 Å². The Morgan fingerprint density at radius 1 is 0.974 bits per heavy atom. The van der Waals surface area contributed by atoms with Crippen LogP contribution in [0.5, 0.6) is 0 Å². The smallest absolute Gasteiger partial charge is 0.242 e. The molecule has 0 saturated carbocycles. The van der Waals surface area contributed by atoms with E-state index in [9.17, 15) is 24.0 Å². The number of hydrogen-bond donors (Lipinski definition) is 4. The Bertz CT molecular complexity index is 803. The molecule has 1 aliphatic rings. The topological polar surface area (TPSA) is 169 Å². The number of thioether (sulfide) groups is 1. The molecule has 2 radical (unpaired) electrons. The van der Waals surface area contributed by atoms with Gasteiger partial charge >= 0.3 is 0 Å². The number of unbranched alkanes of at least 4 members (excludes halogenated alkanes) is 1. The minimum Gasteiger partial charge on any atom is -0.379 e. The molecule has 1 fully saturated rings. The first kappa shape index (κ1) is 34.9. The molecule has 0 aromatic carbocycles. The highest BCUT2D eigenvalue weighted by molar-refractivity contribution is 8.03. The summed E-state index contributed by atoms with van der Waals surface area (Å²) < 4.78 is 10.2. The third kappa shape index (κ3) is 15.9. The fraction of sp³-hybridized carbons (Fsp3) is 0.800. The largest absolute Gasteiger partial charge is 0.379 e. The van der Waals surface area contributed by atoms with Crippen LogP contribution in [0.25, 0.3) is 0 Å².